The number of hydrogen-bond donors (Lipinski definition) is 1. The molecule has 1 N–H and O–H groups in total. The Hall–Kier alpha value is -2.25. The Morgan fingerprint density at radius 2 is 2.04 bits per heavy atom. The van der Waals surface area contributed by atoms with Gasteiger partial charge in [0, 0.05) is 23.7 Å². The predicted octanol–water partition coefficient (Wildman–Crippen LogP) is 3.46. The van der Waals surface area contributed by atoms with E-state index >= 15 is 0 Å². The number of hydrogen-bond acceptors (Lipinski definition) is 4. The molecule has 0 aromatic heterocycles. The summed E-state index contributed by atoms with van der Waals surface area (Å²) in [5.41, 5.74) is 2.09. The van der Waals surface area contributed by atoms with Crippen molar-refractivity contribution in [1.82, 2.24) is 0 Å². The summed E-state index contributed by atoms with van der Waals surface area (Å²) in [7, 11) is -3.54. The maximum absolute atomic E-state index is 12.8. The Morgan fingerprint density at radius 3 is 2.74 bits per heavy atom. The number of sulfonamides is 1. The summed E-state index contributed by atoms with van der Waals surface area (Å²) in [6.45, 7) is 2.14. The van der Waals surface area contributed by atoms with Crippen LogP contribution in [0.4, 0.5) is 11.4 Å². The van der Waals surface area contributed by atoms with E-state index < -0.39 is 16.1 Å². The van der Waals surface area contributed by atoms with Crippen LogP contribution in [0.2, 0.25) is 5.02 Å². The van der Waals surface area contributed by atoms with Gasteiger partial charge in [0.15, 0.2) is 6.10 Å². The minimum absolute atomic E-state index is 0.125. The average Bonchev–Trinajstić information content (AvgIpc) is 2.81. The summed E-state index contributed by atoms with van der Waals surface area (Å²) < 4.78 is 31.5. The van der Waals surface area contributed by atoms with Crippen molar-refractivity contribution in [3.8, 4) is 5.75 Å². The number of anilines is 2. The lowest BCUT2D eigenvalue weighted by atomic mass is 10.1. The van der Waals surface area contributed by atoms with Crippen LogP contribution in [0.25, 0.3) is 0 Å². The number of carbonyl (C=O) groups excluding carboxylic acids is 1. The summed E-state index contributed by atoms with van der Waals surface area (Å²) in [6.07, 6.45) is 1.31. The van der Waals surface area contributed by atoms with Gasteiger partial charge in [0.05, 0.1) is 11.9 Å². The highest BCUT2D eigenvalue weighted by Gasteiger charge is 2.31. The zero-order chi connectivity index (χ0) is 19.6. The number of nitrogens with zero attached hydrogens (tertiary/aromatic N) is 1. The number of ether oxygens (including phenoxy) is 1. The molecule has 27 heavy (non-hydrogen) atoms. The molecule has 1 aliphatic rings. The number of nitrogens with one attached hydrogen (secondary N) is 1. The fourth-order valence-corrected chi connectivity index (χ4v) is 4.15. The predicted molar refractivity (Wildman–Crippen MR) is 107 cm³/mol. The van der Waals surface area contributed by atoms with Crippen LogP contribution < -0.4 is 14.4 Å². The van der Waals surface area contributed by atoms with Crippen molar-refractivity contribution in [2.75, 3.05) is 22.4 Å². The van der Waals surface area contributed by atoms with Crippen LogP contribution in [0.3, 0.4) is 0 Å². The molecule has 144 valence electrons. The van der Waals surface area contributed by atoms with Crippen LogP contribution in [0, 0.1) is 0 Å². The van der Waals surface area contributed by atoms with Crippen molar-refractivity contribution in [1.29, 1.82) is 0 Å². The maximum Gasteiger partial charge on any atom is 0.265 e. The minimum Gasteiger partial charge on any atom is -0.478 e. The Labute approximate surface area is 164 Å². The molecule has 0 saturated heterocycles. The SMILES string of the molecule is CCc1ccccc1NC(=O)[C@H]1CCN(S(C)(=O)=O)c2cc(Cl)ccc2O1. The second kappa shape index (κ2) is 7.78. The molecule has 0 radical (unpaired) electrons. The Morgan fingerprint density at radius 1 is 1.30 bits per heavy atom. The smallest absolute Gasteiger partial charge is 0.265 e. The van der Waals surface area contributed by atoms with Gasteiger partial charge in [-0.25, -0.2) is 8.42 Å². The fourth-order valence-electron chi connectivity index (χ4n) is 3.05. The van der Waals surface area contributed by atoms with Crippen LogP contribution in [0.5, 0.6) is 5.75 Å². The first-order valence-electron chi connectivity index (χ1n) is 8.62. The molecule has 2 aromatic carbocycles. The van der Waals surface area contributed by atoms with Gasteiger partial charge in [-0.15, -0.1) is 0 Å². The molecule has 1 atom stereocenters. The van der Waals surface area contributed by atoms with Crippen LogP contribution in [0.15, 0.2) is 42.5 Å². The number of benzene rings is 2. The molecule has 0 bridgehead atoms. The van der Waals surface area contributed by atoms with Gasteiger partial charge in [-0.1, -0.05) is 36.7 Å². The lowest BCUT2D eigenvalue weighted by Gasteiger charge is -2.21. The Kier molecular flexibility index (Phi) is 5.62. The number of carbonyl (C=O) groups is 1. The molecule has 1 amide bonds. The number of fused-ring (bicyclic) bond motifs is 1. The second-order valence-corrected chi connectivity index (χ2v) is 8.69. The zero-order valence-electron chi connectivity index (χ0n) is 15.1. The lowest BCUT2D eigenvalue weighted by Crippen LogP contribution is -2.36. The first kappa shape index (κ1) is 19.5. The third-order valence-electron chi connectivity index (χ3n) is 4.40. The van der Waals surface area contributed by atoms with E-state index in [1.807, 2.05) is 31.2 Å². The quantitative estimate of drug-likeness (QED) is 0.840. The van der Waals surface area contributed by atoms with E-state index in [4.69, 9.17) is 16.3 Å². The van der Waals surface area contributed by atoms with Gasteiger partial charge in [-0.2, -0.15) is 0 Å². The molecule has 0 unspecified atom stereocenters. The maximum atomic E-state index is 12.8. The normalized spacial score (nSPS) is 16.9. The van der Waals surface area contributed by atoms with Crippen molar-refractivity contribution in [3.63, 3.8) is 0 Å². The van der Waals surface area contributed by atoms with E-state index in [1.54, 1.807) is 12.1 Å². The van der Waals surface area contributed by atoms with Crippen LogP contribution >= 0.6 is 11.6 Å². The molecule has 1 aliphatic heterocycles. The largest absolute Gasteiger partial charge is 0.478 e. The number of rotatable bonds is 4. The number of amides is 1. The van der Waals surface area contributed by atoms with Gasteiger partial charge in [-0.05, 0) is 36.2 Å². The monoisotopic (exact) mass is 408 g/mol. The highest BCUT2D eigenvalue weighted by atomic mass is 35.5. The van der Waals surface area contributed by atoms with Gasteiger partial charge in [-0.3, -0.25) is 9.10 Å². The molecule has 8 heteroatoms. The highest BCUT2D eigenvalue weighted by molar-refractivity contribution is 7.92. The van der Waals surface area contributed by atoms with E-state index in [-0.39, 0.29) is 18.9 Å². The molecule has 0 fully saturated rings. The second-order valence-electron chi connectivity index (χ2n) is 6.34. The van der Waals surface area contributed by atoms with Crippen LogP contribution in [-0.4, -0.2) is 33.2 Å². The zero-order valence-corrected chi connectivity index (χ0v) is 16.7. The van der Waals surface area contributed by atoms with Gasteiger partial charge in [0.1, 0.15) is 5.75 Å². The molecular formula is C19H21ClN2O4S. The molecule has 0 aliphatic carbocycles. The molecule has 3 rings (SSSR count). The van der Waals surface area contributed by atoms with E-state index in [2.05, 4.69) is 5.32 Å². The molecule has 0 spiro atoms. The van der Waals surface area contributed by atoms with Gasteiger partial charge >= 0.3 is 0 Å². The Balaban J connectivity index is 1.89. The van der Waals surface area contributed by atoms with Crippen LogP contribution in [-0.2, 0) is 21.2 Å². The molecule has 0 saturated carbocycles. The minimum atomic E-state index is -3.54. The van der Waals surface area contributed by atoms with Crippen molar-refractivity contribution < 1.29 is 17.9 Å². The van der Waals surface area contributed by atoms with E-state index in [1.165, 1.54) is 10.4 Å². The number of halogens is 1. The first-order valence-corrected chi connectivity index (χ1v) is 10.8. The lowest BCUT2D eigenvalue weighted by molar-refractivity contribution is -0.122. The van der Waals surface area contributed by atoms with Crippen molar-refractivity contribution in [3.05, 3.63) is 53.1 Å². The topological polar surface area (TPSA) is 75.7 Å². The summed E-state index contributed by atoms with van der Waals surface area (Å²) in [5.74, 6) is -0.00148. The third kappa shape index (κ3) is 4.36. The first-order chi connectivity index (χ1) is 12.8. The van der Waals surface area contributed by atoms with E-state index in [0.717, 1.165) is 23.9 Å². The van der Waals surface area contributed by atoms with Gasteiger partial charge in [0.25, 0.3) is 5.91 Å². The fraction of sp³-hybridized carbons (Fsp3) is 0.316. The molecular weight excluding hydrogens is 388 g/mol. The van der Waals surface area contributed by atoms with Gasteiger partial charge < -0.3 is 10.1 Å². The molecule has 2 aromatic rings. The van der Waals surface area contributed by atoms with Crippen molar-refractivity contribution >= 4 is 38.9 Å². The van der Waals surface area contributed by atoms with Crippen molar-refractivity contribution in [2.45, 2.75) is 25.9 Å². The third-order valence-corrected chi connectivity index (χ3v) is 5.82. The standard InChI is InChI=1S/C19H21ClN2O4S/c1-3-13-6-4-5-7-15(13)21-19(23)18-10-11-22(27(2,24)25)16-12-14(20)8-9-17(16)26-18/h4-9,12,18H,3,10-11H2,1-2H3,(H,21,23)/t18-/m1/s1. The van der Waals surface area contributed by atoms with E-state index in [0.29, 0.717) is 16.5 Å². The molecule has 1 heterocycles. The number of para-hydroxylation sites is 1. The van der Waals surface area contributed by atoms with Crippen LogP contribution in [0.1, 0.15) is 18.9 Å². The van der Waals surface area contributed by atoms with Crippen molar-refractivity contribution in [2.24, 2.45) is 0 Å². The highest BCUT2D eigenvalue weighted by Crippen LogP contribution is 2.36. The summed E-state index contributed by atoms with van der Waals surface area (Å²) in [5, 5.41) is 3.29. The summed E-state index contributed by atoms with van der Waals surface area (Å²) >= 11 is 6.03. The number of aryl methyl sites for hydroxylation is 1. The molecule has 6 nitrogen and oxygen atoms in total. The van der Waals surface area contributed by atoms with E-state index in [9.17, 15) is 13.2 Å². The average molecular weight is 409 g/mol. The van der Waals surface area contributed by atoms with Gasteiger partial charge in [0.2, 0.25) is 10.0 Å². The summed E-state index contributed by atoms with van der Waals surface area (Å²) in [6, 6.07) is 12.3. The summed E-state index contributed by atoms with van der Waals surface area (Å²) in [4.78, 5) is 12.8. The Bertz CT molecular complexity index is 962.